The summed E-state index contributed by atoms with van der Waals surface area (Å²) in [6.07, 6.45) is 13.1. The van der Waals surface area contributed by atoms with Crippen LogP contribution in [0.25, 0.3) is 0 Å². The molecule has 2 rings (SSSR count). The molecule has 3 nitrogen and oxygen atoms in total. The Balaban J connectivity index is 1.73. The normalized spacial score (nSPS) is 26.4. The monoisotopic (exact) mass is 260 g/mol. The molecule has 0 radical (unpaired) electrons. The summed E-state index contributed by atoms with van der Waals surface area (Å²) in [7, 11) is 0. The second kappa shape index (κ2) is 6.71. The molecule has 0 aromatic carbocycles. The van der Waals surface area contributed by atoms with Gasteiger partial charge in [0.2, 0.25) is 0 Å². The number of hydrogen-bond donors (Lipinski definition) is 1. The largest absolute Gasteiger partial charge is 0.338 e. The van der Waals surface area contributed by atoms with Crippen molar-refractivity contribution >= 4 is 6.29 Å². The van der Waals surface area contributed by atoms with Crippen molar-refractivity contribution in [3.05, 3.63) is 36.2 Å². The fourth-order valence-electron chi connectivity index (χ4n) is 2.83. The highest BCUT2D eigenvalue weighted by Crippen LogP contribution is 2.29. The lowest BCUT2D eigenvalue weighted by Crippen LogP contribution is -2.37. The van der Waals surface area contributed by atoms with E-state index in [0.717, 1.165) is 30.5 Å². The SMILES string of the molecule is C=C(/C=C(\C)C=O)CC1CCCC(NCN2C=C2)C1. The second-order valence-corrected chi connectivity index (χ2v) is 5.77. The molecule has 1 saturated carbocycles. The molecule has 19 heavy (non-hydrogen) atoms. The lowest BCUT2D eigenvalue weighted by Gasteiger charge is -2.30. The topological polar surface area (TPSA) is 32.1 Å². The van der Waals surface area contributed by atoms with Gasteiger partial charge in [-0.05, 0) is 37.7 Å². The Hall–Kier alpha value is -1.35. The van der Waals surface area contributed by atoms with Crippen LogP contribution < -0.4 is 5.32 Å². The molecule has 0 saturated heterocycles. The molecule has 1 fully saturated rings. The van der Waals surface area contributed by atoms with Crippen LogP contribution in [0.15, 0.2) is 36.2 Å². The first-order chi connectivity index (χ1) is 9.17. The zero-order chi connectivity index (χ0) is 13.7. The van der Waals surface area contributed by atoms with Crippen LogP contribution in [-0.4, -0.2) is 23.9 Å². The summed E-state index contributed by atoms with van der Waals surface area (Å²) in [4.78, 5) is 12.8. The Morgan fingerprint density at radius 2 is 2.26 bits per heavy atom. The molecule has 1 N–H and O–H groups in total. The number of nitrogens with zero attached hydrogens (tertiary/aromatic N) is 1. The Labute approximate surface area is 116 Å². The molecule has 0 bridgehead atoms. The second-order valence-electron chi connectivity index (χ2n) is 5.77. The van der Waals surface area contributed by atoms with E-state index in [1.807, 2.05) is 13.0 Å². The zero-order valence-electron chi connectivity index (χ0n) is 11.8. The maximum Gasteiger partial charge on any atom is 0.145 e. The van der Waals surface area contributed by atoms with Crippen LogP contribution in [0.1, 0.15) is 39.0 Å². The first-order valence-electron chi connectivity index (χ1n) is 7.16. The molecule has 0 amide bonds. The highest BCUT2D eigenvalue weighted by Gasteiger charge is 2.22. The van der Waals surface area contributed by atoms with Crippen molar-refractivity contribution < 1.29 is 4.79 Å². The first-order valence-corrected chi connectivity index (χ1v) is 7.16. The maximum atomic E-state index is 10.6. The third-order valence-electron chi connectivity index (χ3n) is 3.87. The smallest absolute Gasteiger partial charge is 0.145 e. The van der Waals surface area contributed by atoms with Crippen molar-refractivity contribution in [2.45, 2.75) is 45.1 Å². The third-order valence-corrected chi connectivity index (χ3v) is 3.87. The van der Waals surface area contributed by atoms with Crippen LogP contribution in [0.4, 0.5) is 0 Å². The van der Waals surface area contributed by atoms with Gasteiger partial charge in [-0.25, -0.2) is 0 Å². The number of hydrogen-bond acceptors (Lipinski definition) is 3. The Morgan fingerprint density at radius 1 is 1.47 bits per heavy atom. The van der Waals surface area contributed by atoms with Crippen molar-refractivity contribution in [3.8, 4) is 0 Å². The molecule has 3 heteroatoms. The summed E-state index contributed by atoms with van der Waals surface area (Å²) >= 11 is 0. The molecular weight excluding hydrogens is 236 g/mol. The van der Waals surface area contributed by atoms with Crippen LogP contribution in [0.5, 0.6) is 0 Å². The van der Waals surface area contributed by atoms with E-state index in [2.05, 4.69) is 29.2 Å². The third kappa shape index (κ3) is 5.03. The first kappa shape index (κ1) is 14.1. The van der Waals surface area contributed by atoms with Crippen LogP contribution in [0, 0.1) is 5.92 Å². The Bertz CT molecular complexity index is 392. The lowest BCUT2D eigenvalue weighted by atomic mass is 9.82. The molecule has 2 atom stereocenters. The van der Waals surface area contributed by atoms with E-state index in [0.29, 0.717) is 12.0 Å². The van der Waals surface area contributed by atoms with Gasteiger partial charge in [0, 0.05) is 18.4 Å². The number of nitrogens with one attached hydrogen (secondary N) is 1. The molecule has 104 valence electrons. The van der Waals surface area contributed by atoms with E-state index in [1.165, 1.54) is 25.7 Å². The van der Waals surface area contributed by atoms with Crippen LogP contribution in [0.2, 0.25) is 0 Å². The average molecular weight is 260 g/mol. The summed E-state index contributed by atoms with van der Waals surface area (Å²) in [5, 5.41) is 3.60. The van der Waals surface area contributed by atoms with E-state index >= 15 is 0 Å². The number of aldehydes is 1. The number of allylic oxidation sites excluding steroid dienone is 3. The zero-order valence-corrected chi connectivity index (χ0v) is 11.8. The molecule has 0 aromatic rings. The van der Waals surface area contributed by atoms with Gasteiger partial charge in [0.15, 0.2) is 0 Å². The van der Waals surface area contributed by atoms with Crippen molar-refractivity contribution in [1.82, 2.24) is 10.2 Å². The molecule has 1 aliphatic carbocycles. The van der Waals surface area contributed by atoms with Gasteiger partial charge in [-0.15, -0.1) is 0 Å². The van der Waals surface area contributed by atoms with Gasteiger partial charge in [0.1, 0.15) is 6.29 Å². The fourth-order valence-corrected chi connectivity index (χ4v) is 2.83. The van der Waals surface area contributed by atoms with Gasteiger partial charge >= 0.3 is 0 Å². The fraction of sp³-hybridized carbons (Fsp3) is 0.562. The van der Waals surface area contributed by atoms with Gasteiger partial charge in [-0.3, -0.25) is 10.1 Å². The minimum atomic E-state index is 0.630. The van der Waals surface area contributed by atoms with Crippen molar-refractivity contribution in [1.29, 1.82) is 0 Å². The summed E-state index contributed by atoms with van der Waals surface area (Å²) in [6.45, 7) is 6.85. The predicted molar refractivity (Wildman–Crippen MR) is 78.3 cm³/mol. The minimum Gasteiger partial charge on any atom is -0.338 e. The lowest BCUT2D eigenvalue weighted by molar-refractivity contribution is -0.104. The summed E-state index contributed by atoms with van der Waals surface area (Å²) in [5.41, 5.74) is 1.85. The van der Waals surface area contributed by atoms with Crippen LogP contribution in [0.3, 0.4) is 0 Å². The summed E-state index contributed by atoms with van der Waals surface area (Å²) < 4.78 is 0. The van der Waals surface area contributed by atoms with Gasteiger partial charge in [-0.2, -0.15) is 0 Å². The van der Waals surface area contributed by atoms with E-state index in [4.69, 9.17) is 0 Å². The van der Waals surface area contributed by atoms with Crippen LogP contribution in [-0.2, 0) is 4.79 Å². The summed E-state index contributed by atoms with van der Waals surface area (Å²) in [6, 6.07) is 0.630. The molecule has 0 spiro atoms. The van der Waals surface area contributed by atoms with Gasteiger partial charge in [0.05, 0.1) is 6.67 Å². The summed E-state index contributed by atoms with van der Waals surface area (Å²) in [5.74, 6) is 0.705. The van der Waals surface area contributed by atoms with Crippen molar-refractivity contribution in [2.75, 3.05) is 6.67 Å². The minimum absolute atomic E-state index is 0.630. The van der Waals surface area contributed by atoms with E-state index in [9.17, 15) is 4.79 Å². The number of rotatable bonds is 7. The average Bonchev–Trinajstić information content (AvgIpc) is 3.20. The molecule has 2 aliphatic rings. The van der Waals surface area contributed by atoms with Gasteiger partial charge < -0.3 is 4.90 Å². The van der Waals surface area contributed by atoms with E-state index < -0.39 is 0 Å². The van der Waals surface area contributed by atoms with E-state index in [-0.39, 0.29) is 0 Å². The number of carbonyl (C=O) groups excluding carboxylic acids is 1. The molecule has 1 heterocycles. The van der Waals surface area contributed by atoms with Crippen LogP contribution >= 0.6 is 0 Å². The maximum absolute atomic E-state index is 10.6. The molecular formula is C16H24N2O. The van der Waals surface area contributed by atoms with Crippen molar-refractivity contribution in [3.63, 3.8) is 0 Å². The highest BCUT2D eigenvalue weighted by atomic mass is 16.1. The molecule has 2 unspecified atom stereocenters. The van der Waals surface area contributed by atoms with Crippen molar-refractivity contribution in [2.24, 2.45) is 5.92 Å². The Kier molecular flexibility index (Phi) is 4.97. The molecule has 0 aromatic heterocycles. The standard InChI is InChI=1S/C16H24N2O/c1-13(8-14(2)11-19)9-15-4-3-5-16(10-15)17-12-18-6-7-18/h6-8,11,15-17H,1,3-5,9-10,12H2,2H3/b14-8+. The van der Waals surface area contributed by atoms with E-state index in [1.54, 1.807) is 0 Å². The van der Waals surface area contributed by atoms with Gasteiger partial charge in [-0.1, -0.05) is 31.1 Å². The number of carbonyl (C=O) groups is 1. The Morgan fingerprint density at radius 3 is 2.95 bits per heavy atom. The highest BCUT2D eigenvalue weighted by molar-refractivity contribution is 5.73. The molecule has 1 aliphatic heterocycles. The van der Waals surface area contributed by atoms with Gasteiger partial charge in [0.25, 0.3) is 0 Å². The predicted octanol–water partition coefficient (Wildman–Crippen LogP) is 2.97. The quantitative estimate of drug-likeness (QED) is 0.434.